The van der Waals surface area contributed by atoms with Gasteiger partial charge in [0.1, 0.15) is 0 Å². The van der Waals surface area contributed by atoms with Crippen molar-refractivity contribution < 1.29 is 13.2 Å². The smallest absolute Gasteiger partial charge is 0.253 e. The van der Waals surface area contributed by atoms with Gasteiger partial charge in [-0.15, -0.1) is 0 Å². The number of carbonyl (C=O) groups excluding carboxylic acids is 1. The summed E-state index contributed by atoms with van der Waals surface area (Å²) in [5.74, 6) is -0.0916. The van der Waals surface area contributed by atoms with Crippen LogP contribution in [0.25, 0.3) is 0 Å². The van der Waals surface area contributed by atoms with Gasteiger partial charge >= 0.3 is 0 Å². The first kappa shape index (κ1) is 15.2. The zero-order chi connectivity index (χ0) is 15.5. The molecule has 0 spiro atoms. The summed E-state index contributed by atoms with van der Waals surface area (Å²) in [5, 5.41) is 5.04. The summed E-state index contributed by atoms with van der Waals surface area (Å²) < 4.78 is 22.3. The molecule has 0 saturated carbocycles. The number of nitrogens with zero attached hydrogens (tertiary/aromatic N) is 1. The van der Waals surface area contributed by atoms with Gasteiger partial charge in [-0.2, -0.15) is 0 Å². The molecule has 0 radical (unpaired) electrons. The first-order chi connectivity index (χ1) is 9.88. The Hall–Kier alpha value is -2.18. The van der Waals surface area contributed by atoms with E-state index in [1.165, 1.54) is 12.1 Å². The Bertz CT molecular complexity index is 725. The average molecular weight is 304 g/mol. The first-order valence-electron chi connectivity index (χ1n) is 6.30. The molecular weight excluding hydrogens is 288 g/mol. The highest BCUT2D eigenvalue weighted by atomic mass is 32.2. The molecule has 2 rings (SSSR count). The zero-order valence-corrected chi connectivity index (χ0v) is 12.4. The van der Waals surface area contributed by atoms with Gasteiger partial charge in [0.05, 0.1) is 4.90 Å². The lowest BCUT2D eigenvalue weighted by molar-refractivity contribution is 0.0785. The number of carbonyl (C=O) groups is 1. The van der Waals surface area contributed by atoms with Crippen LogP contribution in [-0.2, 0) is 16.6 Å². The first-order valence-corrected chi connectivity index (χ1v) is 7.85. The Morgan fingerprint density at radius 2 is 1.62 bits per heavy atom. The minimum absolute atomic E-state index is 0.0586. The summed E-state index contributed by atoms with van der Waals surface area (Å²) in [5.41, 5.74) is 1.44. The molecule has 2 aromatic rings. The zero-order valence-electron chi connectivity index (χ0n) is 11.6. The molecule has 110 valence electrons. The summed E-state index contributed by atoms with van der Waals surface area (Å²) in [6.07, 6.45) is 0. The van der Waals surface area contributed by atoms with Gasteiger partial charge in [-0.25, -0.2) is 13.6 Å². The van der Waals surface area contributed by atoms with Gasteiger partial charge in [0.25, 0.3) is 5.91 Å². The molecule has 21 heavy (non-hydrogen) atoms. The number of primary sulfonamides is 1. The molecule has 1 amide bonds. The second-order valence-electron chi connectivity index (χ2n) is 4.72. The Labute approximate surface area is 124 Å². The minimum atomic E-state index is -3.69. The van der Waals surface area contributed by atoms with Gasteiger partial charge in [-0.05, 0) is 29.8 Å². The highest BCUT2D eigenvalue weighted by Crippen LogP contribution is 2.12. The molecule has 6 heteroatoms. The fourth-order valence-corrected chi connectivity index (χ4v) is 2.45. The third-order valence-corrected chi connectivity index (χ3v) is 3.97. The lowest BCUT2D eigenvalue weighted by atomic mass is 10.1. The summed E-state index contributed by atoms with van der Waals surface area (Å²) in [6.45, 7) is 0.388. The number of amides is 1. The van der Waals surface area contributed by atoms with Crippen molar-refractivity contribution in [2.45, 2.75) is 11.4 Å². The van der Waals surface area contributed by atoms with Gasteiger partial charge in [0.2, 0.25) is 10.0 Å². The maximum Gasteiger partial charge on any atom is 0.253 e. The number of sulfonamides is 1. The predicted molar refractivity (Wildman–Crippen MR) is 80.1 cm³/mol. The van der Waals surface area contributed by atoms with E-state index in [0.717, 1.165) is 5.56 Å². The number of nitrogens with two attached hydrogens (primary N) is 1. The third kappa shape index (κ3) is 3.90. The van der Waals surface area contributed by atoms with Crippen molar-refractivity contribution in [3.8, 4) is 0 Å². The van der Waals surface area contributed by atoms with Crippen LogP contribution in [0.5, 0.6) is 0 Å². The lowest BCUT2D eigenvalue weighted by Gasteiger charge is -2.17. The van der Waals surface area contributed by atoms with Crippen molar-refractivity contribution in [1.29, 1.82) is 0 Å². The van der Waals surface area contributed by atoms with Crippen LogP contribution >= 0.6 is 0 Å². The van der Waals surface area contributed by atoms with Gasteiger partial charge < -0.3 is 4.90 Å². The summed E-state index contributed by atoms with van der Waals surface area (Å²) >= 11 is 0. The number of rotatable bonds is 4. The predicted octanol–water partition coefficient (Wildman–Crippen LogP) is 1.61. The van der Waals surface area contributed by atoms with Crippen LogP contribution in [-0.4, -0.2) is 26.3 Å². The summed E-state index contributed by atoms with van der Waals surface area (Å²) in [6, 6.07) is 15.1. The van der Waals surface area contributed by atoms with Gasteiger partial charge in [0.15, 0.2) is 0 Å². The van der Waals surface area contributed by atoms with Crippen LogP contribution in [0, 0.1) is 0 Å². The van der Waals surface area contributed by atoms with Crippen LogP contribution in [0.4, 0.5) is 0 Å². The molecule has 0 aliphatic carbocycles. The van der Waals surface area contributed by atoms with Gasteiger partial charge in [0, 0.05) is 19.2 Å². The Morgan fingerprint density at radius 3 is 2.14 bits per heavy atom. The van der Waals surface area contributed by atoms with Crippen molar-refractivity contribution in [3.05, 3.63) is 65.7 Å². The number of hydrogen-bond donors (Lipinski definition) is 1. The molecule has 2 N–H and O–H groups in total. The maximum absolute atomic E-state index is 12.2. The highest BCUT2D eigenvalue weighted by molar-refractivity contribution is 7.89. The van der Waals surface area contributed by atoms with Crippen LogP contribution in [0.15, 0.2) is 59.5 Å². The Kier molecular flexibility index (Phi) is 4.40. The molecule has 0 unspecified atom stereocenters. The van der Waals surface area contributed by atoms with Crippen molar-refractivity contribution in [2.24, 2.45) is 5.14 Å². The van der Waals surface area contributed by atoms with E-state index >= 15 is 0 Å². The Morgan fingerprint density at radius 1 is 1.05 bits per heavy atom. The van der Waals surface area contributed by atoms with E-state index in [1.54, 1.807) is 36.2 Å². The highest BCUT2D eigenvalue weighted by Gasteiger charge is 2.12. The molecule has 0 fully saturated rings. The molecule has 0 atom stereocenters. The van der Waals surface area contributed by atoms with E-state index in [-0.39, 0.29) is 10.8 Å². The van der Waals surface area contributed by atoms with Crippen molar-refractivity contribution in [1.82, 2.24) is 4.90 Å². The van der Waals surface area contributed by atoms with E-state index < -0.39 is 10.0 Å². The normalized spacial score (nSPS) is 11.1. The molecule has 5 nitrogen and oxygen atoms in total. The standard InChI is InChI=1S/C15H16N2O3S/c1-17(15(18)13-5-3-2-4-6-13)11-12-7-9-14(10-8-12)21(16,19)20/h2-10H,11H2,1H3,(H2,16,19,20). The van der Waals surface area contributed by atoms with E-state index in [1.807, 2.05) is 18.2 Å². The molecule has 0 bridgehead atoms. The quantitative estimate of drug-likeness (QED) is 0.931. The molecule has 2 aromatic carbocycles. The van der Waals surface area contributed by atoms with E-state index in [4.69, 9.17) is 5.14 Å². The summed E-state index contributed by atoms with van der Waals surface area (Å²) in [7, 11) is -1.99. The largest absolute Gasteiger partial charge is 0.337 e. The molecule has 0 aliphatic heterocycles. The molecule has 0 aliphatic rings. The average Bonchev–Trinajstić information content (AvgIpc) is 2.47. The Balaban J connectivity index is 2.10. The monoisotopic (exact) mass is 304 g/mol. The van der Waals surface area contributed by atoms with E-state index in [2.05, 4.69) is 0 Å². The van der Waals surface area contributed by atoms with E-state index in [9.17, 15) is 13.2 Å². The van der Waals surface area contributed by atoms with Crippen LogP contribution in [0.1, 0.15) is 15.9 Å². The minimum Gasteiger partial charge on any atom is -0.337 e. The van der Waals surface area contributed by atoms with Gasteiger partial charge in [-0.1, -0.05) is 30.3 Å². The third-order valence-electron chi connectivity index (χ3n) is 3.04. The molecule has 0 saturated heterocycles. The van der Waals surface area contributed by atoms with Crippen LogP contribution in [0.2, 0.25) is 0 Å². The second kappa shape index (κ2) is 6.07. The van der Waals surface area contributed by atoms with Crippen molar-refractivity contribution >= 4 is 15.9 Å². The SMILES string of the molecule is CN(Cc1ccc(S(N)(=O)=O)cc1)C(=O)c1ccccc1. The fraction of sp³-hybridized carbons (Fsp3) is 0.133. The second-order valence-corrected chi connectivity index (χ2v) is 6.28. The molecule has 0 aromatic heterocycles. The lowest BCUT2D eigenvalue weighted by Crippen LogP contribution is -2.26. The molecule has 0 heterocycles. The summed E-state index contributed by atoms with van der Waals surface area (Å²) in [4.78, 5) is 13.8. The molecular formula is C15H16N2O3S. The topological polar surface area (TPSA) is 80.5 Å². The van der Waals surface area contributed by atoms with Crippen molar-refractivity contribution in [2.75, 3.05) is 7.05 Å². The van der Waals surface area contributed by atoms with Gasteiger partial charge in [-0.3, -0.25) is 4.79 Å². The van der Waals surface area contributed by atoms with Crippen molar-refractivity contribution in [3.63, 3.8) is 0 Å². The number of hydrogen-bond acceptors (Lipinski definition) is 3. The maximum atomic E-state index is 12.2. The fourth-order valence-electron chi connectivity index (χ4n) is 1.93. The van der Waals surface area contributed by atoms with Crippen LogP contribution in [0.3, 0.4) is 0 Å². The van der Waals surface area contributed by atoms with Crippen LogP contribution < -0.4 is 5.14 Å². The van der Waals surface area contributed by atoms with E-state index in [0.29, 0.717) is 12.1 Å². The number of benzene rings is 2.